The van der Waals surface area contributed by atoms with Crippen molar-refractivity contribution < 1.29 is 38.3 Å². The summed E-state index contributed by atoms with van der Waals surface area (Å²) in [5.41, 5.74) is 0. The van der Waals surface area contributed by atoms with Gasteiger partial charge < -0.3 is 38.3 Å². The fourth-order valence-corrected chi connectivity index (χ4v) is 1.46. The van der Waals surface area contributed by atoms with E-state index < -0.39 is 0 Å². The minimum Gasteiger partial charge on any atom is -0.499 e. The van der Waals surface area contributed by atoms with Crippen molar-refractivity contribution in [2.75, 3.05) is 92.5 Å². The first-order valence-electron chi connectivity index (χ1n) is 8.21. The molecule has 8 nitrogen and oxygen atoms in total. The van der Waals surface area contributed by atoms with E-state index >= 15 is 0 Å². The number of hydrogen-bond acceptors (Lipinski definition) is 8. The highest BCUT2D eigenvalue weighted by molar-refractivity contribution is 4.47. The highest BCUT2D eigenvalue weighted by Crippen LogP contribution is 1.85. The van der Waals surface area contributed by atoms with E-state index in [1.165, 1.54) is 6.26 Å². The monoisotopic (exact) mass is 352 g/mol. The van der Waals surface area contributed by atoms with E-state index in [4.69, 9.17) is 38.3 Å². The molecular formula is C16H32O8. The van der Waals surface area contributed by atoms with Gasteiger partial charge in [-0.15, -0.1) is 0 Å². The van der Waals surface area contributed by atoms with E-state index in [9.17, 15) is 0 Å². The van der Waals surface area contributed by atoms with E-state index in [2.05, 4.69) is 6.58 Å². The molecule has 0 aliphatic carbocycles. The molecule has 0 heterocycles. The normalized spacial score (nSPS) is 10.9. The molecule has 144 valence electrons. The highest BCUT2D eigenvalue weighted by atomic mass is 16.6. The Bertz CT molecular complexity index is 240. The van der Waals surface area contributed by atoms with Crippen LogP contribution in [0.25, 0.3) is 0 Å². The van der Waals surface area contributed by atoms with Crippen LogP contribution in [0, 0.1) is 0 Å². The Balaban J connectivity index is 2.94. The molecule has 0 amide bonds. The Labute approximate surface area is 144 Å². The third-order valence-electron chi connectivity index (χ3n) is 2.56. The first-order valence-corrected chi connectivity index (χ1v) is 8.21. The molecular weight excluding hydrogens is 320 g/mol. The second-order valence-electron chi connectivity index (χ2n) is 4.44. The average molecular weight is 352 g/mol. The molecule has 24 heavy (non-hydrogen) atoms. The van der Waals surface area contributed by atoms with Crippen LogP contribution in [-0.4, -0.2) is 97.6 Å². The number of aliphatic hydroxyl groups excluding tert-OH is 1. The molecule has 8 heteroatoms. The van der Waals surface area contributed by atoms with Gasteiger partial charge in [0.25, 0.3) is 0 Å². The molecule has 0 bridgehead atoms. The molecule has 1 N–H and O–H groups in total. The fourth-order valence-electron chi connectivity index (χ4n) is 1.46. The van der Waals surface area contributed by atoms with E-state index in [0.29, 0.717) is 85.9 Å². The molecule has 0 saturated heterocycles. The number of ether oxygens (including phenoxy) is 7. The van der Waals surface area contributed by atoms with Gasteiger partial charge in [0.1, 0.15) is 6.61 Å². The summed E-state index contributed by atoms with van der Waals surface area (Å²) >= 11 is 0. The van der Waals surface area contributed by atoms with Crippen molar-refractivity contribution in [3.63, 3.8) is 0 Å². The van der Waals surface area contributed by atoms with Crippen LogP contribution in [0.4, 0.5) is 0 Å². The predicted molar refractivity (Wildman–Crippen MR) is 88.1 cm³/mol. The molecule has 0 aromatic rings. The average Bonchev–Trinajstić information content (AvgIpc) is 2.60. The molecule has 0 aliphatic heterocycles. The van der Waals surface area contributed by atoms with Crippen molar-refractivity contribution in [2.45, 2.75) is 0 Å². The molecule has 0 radical (unpaired) electrons. The summed E-state index contributed by atoms with van der Waals surface area (Å²) in [6.45, 7) is 10.1. The lowest BCUT2D eigenvalue weighted by atomic mass is 10.6. The summed E-state index contributed by atoms with van der Waals surface area (Å²) in [6.07, 6.45) is 1.39. The molecule has 0 unspecified atom stereocenters. The summed E-state index contributed by atoms with van der Waals surface area (Å²) in [5.74, 6) is 0. The quantitative estimate of drug-likeness (QED) is 0.232. The zero-order valence-corrected chi connectivity index (χ0v) is 14.5. The molecule has 0 aliphatic rings. The Hall–Kier alpha value is -0.740. The lowest BCUT2D eigenvalue weighted by Crippen LogP contribution is -2.14. The van der Waals surface area contributed by atoms with Crippen molar-refractivity contribution in [3.8, 4) is 0 Å². The van der Waals surface area contributed by atoms with Crippen LogP contribution in [-0.2, 0) is 33.2 Å². The molecule has 0 atom stereocenters. The van der Waals surface area contributed by atoms with Crippen molar-refractivity contribution in [1.82, 2.24) is 0 Å². The third kappa shape index (κ3) is 21.3. The molecule has 0 aromatic heterocycles. The number of hydrogen-bond donors (Lipinski definition) is 1. The Morgan fingerprint density at radius 1 is 0.500 bits per heavy atom. The zero-order chi connectivity index (χ0) is 17.6. The van der Waals surface area contributed by atoms with Crippen molar-refractivity contribution >= 4 is 0 Å². The van der Waals surface area contributed by atoms with Gasteiger partial charge in [-0.3, -0.25) is 0 Å². The molecule has 0 spiro atoms. The van der Waals surface area contributed by atoms with E-state index in [-0.39, 0.29) is 6.61 Å². The van der Waals surface area contributed by atoms with Gasteiger partial charge in [0.05, 0.1) is 92.2 Å². The summed E-state index contributed by atoms with van der Waals surface area (Å²) in [6, 6.07) is 0. The second-order valence-corrected chi connectivity index (χ2v) is 4.44. The van der Waals surface area contributed by atoms with E-state index in [1.807, 2.05) is 0 Å². The van der Waals surface area contributed by atoms with E-state index in [0.717, 1.165) is 0 Å². The summed E-state index contributed by atoms with van der Waals surface area (Å²) in [4.78, 5) is 0. The van der Waals surface area contributed by atoms with Crippen LogP contribution in [0.15, 0.2) is 12.8 Å². The van der Waals surface area contributed by atoms with Crippen LogP contribution in [0.2, 0.25) is 0 Å². The highest BCUT2D eigenvalue weighted by Gasteiger charge is 1.94. The van der Waals surface area contributed by atoms with Gasteiger partial charge in [-0.1, -0.05) is 6.58 Å². The van der Waals surface area contributed by atoms with E-state index in [1.54, 1.807) is 0 Å². The van der Waals surface area contributed by atoms with Crippen LogP contribution < -0.4 is 0 Å². The first kappa shape index (κ1) is 23.3. The smallest absolute Gasteiger partial charge is 0.111 e. The van der Waals surface area contributed by atoms with Gasteiger partial charge in [0, 0.05) is 0 Å². The maximum absolute atomic E-state index is 8.50. The van der Waals surface area contributed by atoms with Crippen molar-refractivity contribution in [2.24, 2.45) is 0 Å². The van der Waals surface area contributed by atoms with Crippen LogP contribution >= 0.6 is 0 Å². The number of aliphatic hydroxyl groups is 1. The van der Waals surface area contributed by atoms with Gasteiger partial charge in [0.2, 0.25) is 0 Å². The lowest BCUT2D eigenvalue weighted by Gasteiger charge is -2.08. The van der Waals surface area contributed by atoms with Gasteiger partial charge in [-0.05, 0) is 0 Å². The summed E-state index contributed by atoms with van der Waals surface area (Å²) < 4.78 is 36.5. The summed E-state index contributed by atoms with van der Waals surface area (Å²) in [5, 5.41) is 8.50. The second kappa shape index (κ2) is 22.3. The van der Waals surface area contributed by atoms with Crippen LogP contribution in [0.1, 0.15) is 0 Å². The largest absolute Gasteiger partial charge is 0.499 e. The van der Waals surface area contributed by atoms with Gasteiger partial charge in [-0.2, -0.15) is 0 Å². The van der Waals surface area contributed by atoms with Crippen LogP contribution in [0.5, 0.6) is 0 Å². The fraction of sp³-hybridized carbons (Fsp3) is 0.875. The zero-order valence-electron chi connectivity index (χ0n) is 14.5. The van der Waals surface area contributed by atoms with Crippen molar-refractivity contribution in [3.05, 3.63) is 12.8 Å². The first-order chi connectivity index (χ1) is 11.9. The predicted octanol–water partition coefficient (Wildman–Crippen LogP) is 0.238. The Kier molecular flexibility index (Phi) is 21.6. The Morgan fingerprint density at radius 2 is 0.792 bits per heavy atom. The third-order valence-corrected chi connectivity index (χ3v) is 2.56. The minimum atomic E-state index is 0.0352. The maximum atomic E-state index is 8.50. The molecule has 0 saturated carbocycles. The van der Waals surface area contributed by atoms with Gasteiger partial charge in [0.15, 0.2) is 0 Å². The maximum Gasteiger partial charge on any atom is 0.111 e. The number of rotatable bonds is 21. The van der Waals surface area contributed by atoms with Gasteiger partial charge >= 0.3 is 0 Å². The molecule has 0 rings (SSSR count). The Morgan fingerprint density at radius 3 is 1.08 bits per heavy atom. The molecule has 0 fully saturated rings. The lowest BCUT2D eigenvalue weighted by molar-refractivity contribution is -0.0196. The topological polar surface area (TPSA) is 84.8 Å². The summed E-state index contributed by atoms with van der Waals surface area (Å²) in [7, 11) is 0. The van der Waals surface area contributed by atoms with Crippen LogP contribution in [0.3, 0.4) is 0 Å². The SMILES string of the molecule is C=COCCOCCOCCOCCOCCOCCOCCO. The van der Waals surface area contributed by atoms with Gasteiger partial charge in [-0.25, -0.2) is 0 Å². The van der Waals surface area contributed by atoms with Crippen molar-refractivity contribution in [1.29, 1.82) is 0 Å². The minimum absolute atomic E-state index is 0.0352. The standard InChI is InChI=1S/C16H32O8/c1-2-18-5-6-20-9-10-22-13-14-24-16-15-23-12-11-21-8-7-19-4-3-17/h2,17H,1,3-16H2. The molecule has 0 aromatic carbocycles.